The first-order valence-corrected chi connectivity index (χ1v) is 21.7. The Balaban J connectivity index is 1.04. The Morgan fingerprint density at radius 3 is 1.79 bits per heavy atom. The van der Waals surface area contributed by atoms with Gasteiger partial charge in [0.05, 0.1) is 26.9 Å². The van der Waals surface area contributed by atoms with E-state index in [0.717, 1.165) is 92.5 Å². The molecule has 0 bridgehead atoms. The number of nitrogens with zero attached hydrogens (tertiary/aromatic N) is 6. The van der Waals surface area contributed by atoms with E-state index in [1.54, 1.807) is 11.3 Å². The fraction of sp³-hybridized carbons (Fsp3) is 0. The van der Waals surface area contributed by atoms with Gasteiger partial charge in [-0.3, -0.25) is 0 Å². The SMILES string of the molecule is c1ccc(-c2nc(-c3ccccc3)nc(-c3cccc4oc5c(-c6nc(-c7ccc8c9ccccc9n(-c9ccccc9)c8c7)nc7c6sc6ccccc67)cccc5c34)n2)cc1. The zero-order valence-electron chi connectivity index (χ0n) is 33.5. The molecule has 8 aromatic carbocycles. The van der Waals surface area contributed by atoms with Crippen LogP contribution in [-0.4, -0.2) is 29.5 Å². The van der Waals surface area contributed by atoms with E-state index >= 15 is 0 Å². The van der Waals surface area contributed by atoms with Crippen LogP contribution in [0, 0.1) is 0 Å². The van der Waals surface area contributed by atoms with E-state index in [1.165, 1.54) is 10.8 Å². The van der Waals surface area contributed by atoms with Crippen LogP contribution in [0.15, 0.2) is 199 Å². The summed E-state index contributed by atoms with van der Waals surface area (Å²) in [6.45, 7) is 0. The summed E-state index contributed by atoms with van der Waals surface area (Å²) in [6.07, 6.45) is 0. The van der Waals surface area contributed by atoms with Crippen molar-refractivity contribution in [1.82, 2.24) is 29.5 Å². The van der Waals surface area contributed by atoms with Crippen molar-refractivity contribution < 1.29 is 4.42 Å². The van der Waals surface area contributed by atoms with Crippen LogP contribution in [0.1, 0.15) is 0 Å². The van der Waals surface area contributed by atoms with Gasteiger partial charge >= 0.3 is 0 Å². The van der Waals surface area contributed by atoms with Crippen molar-refractivity contribution >= 4 is 75.4 Å². The van der Waals surface area contributed by atoms with Crippen LogP contribution in [0.4, 0.5) is 0 Å². The smallest absolute Gasteiger partial charge is 0.164 e. The lowest BCUT2D eigenvalue weighted by Gasteiger charge is -2.10. The number of benzene rings is 8. The summed E-state index contributed by atoms with van der Waals surface area (Å²) in [7, 11) is 0. The van der Waals surface area contributed by atoms with Crippen molar-refractivity contribution in [3.05, 3.63) is 194 Å². The number of para-hydroxylation sites is 3. The van der Waals surface area contributed by atoms with Crippen molar-refractivity contribution in [1.29, 1.82) is 0 Å². The maximum Gasteiger partial charge on any atom is 0.164 e. The minimum atomic E-state index is 0.570. The van der Waals surface area contributed by atoms with Gasteiger partial charge in [-0.25, -0.2) is 24.9 Å². The van der Waals surface area contributed by atoms with E-state index in [9.17, 15) is 0 Å². The molecule has 0 N–H and O–H groups in total. The van der Waals surface area contributed by atoms with Crippen LogP contribution >= 0.6 is 11.3 Å². The van der Waals surface area contributed by atoms with E-state index in [1.807, 2.05) is 72.8 Å². The highest BCUT2D eigenvalue weighted by Crippen LogP contribution is 2.45. The van der Waals surface area contributed by atoms with Crippen molar-refractivity contribution in [3.8, 4) is 62.5 Å². The third-order valence-electron chi connectivity index (χ3n) is 11.9. The molecule has 8 heteroatoms. The molecule has 13 rings (SSSR count). The molecule has 0 radical (unpaired) electrons. The third kappa shape index (κ3) is 5.69. The highest BCUT2D eigenvalue weighted by atomic mass is 32.1. The van der Waals surface area contributed by atoms with Gasteiger partial charge < -0.3 is 8.98 Å². The van der Waals surface area contributed by atoms with Crippen molar-refractivity contribution in [2.45, 2.75) is 0 Å². The van der Waals surface area contributed by atoms with E-state index in [0.29, 0.717) is 23.3 Å². The van der Waals surface area contributed by atoms with Crippen LogP contribution in [0.25, 0.3) is 127 Å². The maximum atomic E-state index is 6.92. The Morgan fingerprint density at radius 1 is 0.413 bits per heavy atom. The Kier molecular flexibility index (Phi) is 7.94. The molecule has 0 aliphatic heterocycles. The van der Waals surface area contributed by atoms with Gasteiger partial charge in [-0.2, -0.15) is 0 Å². The predicted molar refractivity (Wildman–Crippen MR) is 257 cm³/mol. The number of furan rings is 1. The molecular formula is C55H32N6OS. The van der Waals surface area contributed by atoms with Crippen molar-refractivity contribution in [2.24, 2.45) is 0 Å². The van der Waals surface area contributed by atoms with E-state index in [4.69, 9.17) is 29.3 Å². The van der Waals surface area contributed by atoms with Gasteiger partial charge in [0.2, 0.25) is 0 Å². The average Bonchev–Trinajstić information content (AvgIpc) is 4.04. The molecule has 0 atom stereocenters. The topological polar surface area (TPSA) is 82.5 Å². The summed E-state index contributed by atoms with van der Waals surface area (Å²) in [4.78, 5) is 26.0. The quantitative estimate of drug-likeness (QED) is 0.166. The zero-order chi connectivity index (χ0) is 41.4. The summed E-state index contributed by atoms with van der Waals surface area (Å²) in [6, 6.07) is 66.7. The number of rotatable bonds is 6. The fourth-order valence-electron chi connectivity index (χ4n) is 9.02. The lowest BCUT2D eigenvalue weighted by atomic mass is 10.0. The minimum absolute atomic E-state index is 0.570. The van der Waals surface area contributed by atoms with Crippen LogP contribution in [-0.2, 0) is 0 Å². The monoisotopic (exact) mass is 824 g/mol. The molecule has 0 unspecified atom stereocenters. The van der Waals surface area contributed by atoms with Crippen LogP contribution in [0.2, 0.25) is 0 Å². The van der Waals surface area contributed by atoms with E-state index in [-0.39, 0.29) is 0 Å². The number of hydrogen-bond acceptors (Lipinski definition) is 7. The Bertz CT molecular complexity index is 3860. The van der Waals surface area contributed by atoms with Gasteiger partial charge in [0.25, 0.3) is 0 Å². The van der Waals surface area contributed by atoms with Gasteiger partial charge in [-0.15, -0.1) is 11.3 Å². The molecule has 5 heterocycles. The van der Waals surface area contributed by atoms with Gasteiger partial charge in [-0.05, 0) is 42.5 Å². The van der Waals surface area contributed by atoms with Crippen LogP contribution in [0.5, 0.6) is 0 Å². The second kappa shape index (κ2) is 14.1. The molecule has 0 amide bonds. The van der Waals surface area contributed by atoms with Gasteiger partial charge in [0, 0.05) is 65.1 Å². The standard InChI is InChI=1S/C55H32N6OS/c1-4-16-33(17-5-1)52-58-53(34-18-6-2-7-19-34)60-55(59-52)41-25-15-28-45-47(41)40-24-14-26-42(50(40)62-45)49-51-48(39-23-11-13-29-46(39)63-51)56-54(57-49)35-30-31-38-37-22-10-12-27-43(37)61(44(38)32-35)36-20-8-3-9-21-36/h1-32H. The molecular weight excluding hydrogens is 793 g/mol. The molecule has 0 aliphatic carbocycles. The summed E-state index contributed by atoms with van der Waals surface area (Å²) in [5, 5.41) is 5.35. The Morgan fingerprint density at radius 2 is 1.02 bits per heavy atom. The molecule has 0 aliphatic rings. The Labute approximate surface area is 364 Å². The first-order chi connectivity index (χ1) is 31.2. The lowest BCUT2D eigenvalue weighted by molar-refractivity contribution is 0.670. The van der Waals surface area contributed by atoms with Crippen molar-refractivity contribution in [2.75, 3.05) is 0 Å². The molecule has 13 aromatic rings. The Hall–Kier alpha value is -8.33. The highest BCUT2D eigenvalue weighted by Gasteiger charge is 2.24. The average molecular weight is 825 g/mol. The molecule has 0 saturated heterocycles. The van der Waals surface area contributed by atoms with E-state index < -0.39 is 0 Å². The number of aromatic nitrogens is 6. The summed E-state index contributed by atoms with van der Waals surface area (Å²) < 4.78 is 11.4. The first kappa shape index (κ1) is 35.4. The molecule has 5 aromatic heterocycles. The third-order valence-corrected chi connectivity index (χ3v) is 13.1. The summed E-state index contributed by atoms with van der Waals surface area (Å²) >= 11 is 1.71. The maximum absolute atomic E-state index is 6.92. The molecule has 0 spiro atoms. The zero-order valence-corrected chi connectivity index (χ0v) is 34.3. The summed E-state index contributed by atoms with van der Waals surface area (Å²) in [5.41, 5.74) is 11.1. The summed E-state index contributed by atoms with van der Waals surface area (Å²) in [5.74, 6) is 2.43. The molecule has 7 nitrogen and oxygen atoms in total. The number of fused-ring (bicyclic) bond motifs is 9. The van der Waals surface area contributed by atoms with E-state index in [2.05, 4.69) is 126 Å². The highest BCUT2D eigenvalue weighted by molar-refractivity contribution is 7.26. The molecule has 294 valence electrons. The van der Waals surface area contributed by atoms with Crippen LogP contribution < -0.4 is 0 Å². The predicted octanol–water partition coefficient (Wildman–Crippen LogP) is 14.4. The molecule has 0 saturated carbocycles. The second-order valence-electron chi connectivity index (χ2n) is 15.6. The van der Waals surface area contributed by atoms with Crippen LogP contribution in [0.3, 0.4) is 0 Å². The minimum Gasteiger partial charge on any atom is -0.455 e. The second-order valence-corrected chi connectivity index (χ2v) is 16.6. The molecule has 0 fully saturated rings. The number of thiophene rings is 1. The van der Waals surface area contributed by atoms with Gasteiger partial charge in [-0.1, -0.05) is 152 Å². The van der Waals surface area contributed by atoms with Crippen molar-refractivity contribution in [3.63, 3.8) is 0 Å². The first-order valence-electron chi connectivity index (χ1n) is 20.8. The fourth-order valence-corrected chi connectivity index (χ4v) is 10.2. The number of hydrogen-bond donors (Lipinski definition) is 0. The lowest BCUT2D eigenvalue weighted by Crippen LogP contribution is -2.00. The van der Waals surface area contributed by atoms with Gasteiger partial charge in [0.15, 0.2) is 23.3 Å². The normalized spacial score (nSPS) is 11.8. The van der Waals surface area contributed by atoms with Gasteiger partial charge in [0.1, 0.15) is 11.2 Å². The molecule has 63 heavy (non-hydrogen) atoms. The largest absolute Gasteiger partial charge is 0.455 e.